The molecule has 0 spiro atoms. The van der Waals surface area contributed by atoms with Crippen LogP contribution < -0.4 is 4.74 Å². The van der Waals surface area contributed by atoms with Gasteiger partial charge in [-0.3, -0.25) is 4.98 Å². The molecule has 0 saturated carbocycles. The molecular weight excluding hydrogens is 386 g/mol. The molecule has 1 N–H and O–H groups in total. The first-order valence-corrected chi connectivity index (χ1v) is 7.90. The minimum Gasteiger partial charge on any atom is -0.492 e. The average molecular weight is 401 g/mol. The maximum absolute atomic E-state index is 10.5. The quantitative estimate of drug-likeness (QED) is 0.804. The van der Waals surface area contributed by atoms with E-state index in [1.807, 2.05) is 31.2 Å². The van der Waals surface area contributed by atoms with Crippen LogP contribution in [0.4, 0.5) is 0 Å². The molecular formula is C15H15Br2NO2. The lowest BCUT2D eigenvalue weighted by atomic mass is 10.0. The lowest BCUT2D eigenvalue weighted by Crippen LogP contribution is -2.02. The second-order valence-electron chi connectivity index (χ2n) is 4.41. The number of nitrogens with zero attached hydrogens (tertiary/aromatic N) is 1. The Kier molecular flexibility index (Phi) is 5.57. The standard InChI is InChI=1S/C15H15Br2NO2/c1-2-3-20-14-6-11(8-18-9-14)15(19)10-4-12(16)7-13(17)5-10/h4-9,15,19H,2-3H2,1H3. The van der Waals surface area contributed by atoms with Crippen molar-refractivity contribution in [2.24, 2.45) is 0 Å². The largest absolute Gasteiger partial charge is 0.492 e. The lowest BCUT2D eigenvalue weighted by Gasteiger charge is -2.13. The van der Waals surface area contributed by atoms with Crippen molar-refractivity contribution in [2.45, 2.75) is 19.4 Å². The van der Waals surface area contributed by atoms with E-state index in [9.17, 15) is 5.11 Å². The zero-order valence-corrected chi connectivity index (χ0v) is 14.2. The Labute approximate surface area is 135 Å². The van der Waals surface area contributed by atoms with Crippen LogP contribution in [0.3, 0.4) is 0 Å². The molecule has 0 bridgehead atoms. The third-order valence-electron chi connectivity index (χ3n) is 2.72. The number of ether oxygens (including phenoxy) is 1. The minimum absolute atomic E-state index is 0.643. The Hall–Kier alpha value is -0.910. The van der Waals surface area contributed by atoms with E-state index in [0.29, 0.717) is 17.9 Å². The zero-order chi connectivity index (χ0) is 14.5. The fourth-order valence-electron chi connectivity index (χ4n) is 1.81. The fourth-order valence-corrected chi connectivity index (χ4v) is 3.14. The third kappa shape index (κ3) is 4.04. The smallest absolute Gasteiger partial charge is 0.137 e. The molecule has 3 nitrogen and oxygen atoms in total. The van der Waals surface area contributed by atoms with Gasteiger partial charge in [-0.2, -0.15) is 0 Å². The van der Waals surface area contributed by atoms with Gasteiger partial charge < -0.3 is 9.84 Å². The molecule has 0 fully saturated rings. The molecule has 1 aromatic carbocycles. The van der Waals surface area contributed by atoms with Crippen LogP contribution in [-0.2, 0) is 0 Å². The molecule has 1 aromatic heterocycles. The van der Waals surface area contributed by atoms with E-state index in [0.717, 1.165) is 20.9 Å². The SMILES string of the molecule is CCCOc1cncc(C(O)c2cc(Br)cc(Br)c2)c1. The van der Waals surface area contributed by atoms with Crippen molar-refractivity contribution in [1.29, 1.82) is 0 Å². The number of aliphatic hydroxyl groups excluding tert-OH is 1. The van der Waals surface area contributed by atoms with E-state index >= 15 is 0 Å². The highest BCUT2D eigenvalue weighted by Gasteiger charge is 2.13. The molecule has 0 radical (unpaired) electrons. The molecule has 5 heteroatoms. The van der Waals surface area contributed by atoms with Crippen molar-refractivity contribution < 1.29 is 9.84 Å². The van der Waals surface area contributed by atoms with Gasteiger partial charge >= 0.3 is 0 Å². The van der Waals surface area contributed by atoms with Gasteiger partial charge in [-0.1, -0.05) is 38.8 Å². The van der Waals surface area contributed by atoms with E-state index in [1.54, 1.807) is 12.4 Å². The second kappa shape index (κ2) is 7.20. The highest BCUT2D eigenvalue weighted by molar-refractivity contribution is 9.11. The van der Waals surface area contributed by atoms with Gasteiger partial charge in [-0.05, 0) is 36.2 Å². The molecule has 0 aliphatic rings. The minimum atomic E-state index is -0.735. The van der Waals surface area contributed by atoms with Crippen molar-refractivity contribution in [1.82, 2.24) is 4.98 Å². The Morgan fingerprint density at radius 2 is 1.80 bits per heavy atom. The normalized spacial score (nSPS) is 12.2. The Morgan fingerprint density at radius 3 is 2.45 bits per heavy atom. The van der Waals surface area contributed by atoms with E-state index in [2.05, 4.69) is 36.8 Å². The molecule has 1 heterocycles. The summed E-state index contributed by atoms with van der Waals surface area (Å²) >= 11 is 6.84. The second-order valence-corrected chi connectivity index (χ2v) is 6.24. The van der Waals surface area contributed by atoms with Gasteiger partial charge in [-0.25, -0.2) is 0 Å². The summed E-state index contributed by atoms with van der Waals surface area (Å²) in [5, 5.41) is 10.5. The first-order chi connectivity index (χ1) is 9.60. The molecule has 0 aliphatic heterocycles. The molecule has 0 aliphatic carbocycles. The van der Waals surface area contributed by atoms with Crippen molar-refractivity contribution in [3.05, 3.63) is 56.7 Å². The van der Waals surface area contributed by atoms with Crippen LogP contribution in [0.5, 0.6) is 5.75 Å². The first kappa shape index (κ1) is 15.5. The van der Waals surface area contributed by atoms with Gasteiger partial charge in [0.1, 0.15) is 11.9 Å². The molecule has 106 valence electrons. The topological polar surface area (TPSA) is 42.4 Å². The van der Waals surface area contributed by atoms with Gasteiger partial charge in [0.25, 0.3) is 0 Å². The number of pyridine rings is 1. The van der Waals surface area contributed by atoms with Crippen LogP contribution in [0, 0.1) is 0 Å². The van der Waals surface area contributed by atoms with Crippen molar-refractivity contribution >= 4 is 31.9 Å². The molecule has 2 aromatic rings. The molecule has 1 unspecified atom stereocenters. The summed E-state index contributed by atoms with van der Waals surface area (Å²) in [7, 11) is 0. The Morgan fingerprint density at radius 1 is 1.10 bits per heavy atom. The highest BCUT2D eigenvalue weighted by Crippen LogP contribution is 2.29. The average Bonchev–Trinajstić information content (AvgIpc) is 2.43. The van der Waals surface area contributed by atoms with Gasteiger partial charge in [0.15, 0.2) is 0 Å². The molecule has 0 saturated heterocycles. The summed E-state index contributed by atoms with van der Waals surface area (Å²) in [4.78, 5) is 4.12. The van der Waals surface area contributed by atoms with E-state index in [4.69, 9.17) is 4.74 Å². The van der Waals surface area contributed by atoms with Gasteiger partial charge in [0.2, 0.25) is 0 Å². The lowest BCUT2D eigenvalue weighted by molar-refractivity contribution is 0.218. The van der Waals surface area contributed by atoms with Crippen LogP contribution in [-0.4, -0.2) is 16.7 Å². The van der Waals surface area contributed by atoms with Crippen molar-refractivity contribution in [2.75, 3.05) is 6.61 Å². The first-order valence-electron chi connectivity index (χ1n) is 6.32. The fraction of sp³-hybridized carbons (Fsp3) is 0.267. The van der Waals surface area contributed by atoms with Crippen LogP contribution in [0.25, 0.3) is 0 Å². The highest BCUT2D eigenvalue weighted by atomic mass is 79.9. The van der Waals surface area contributed by atoms with E-state index < -0.39 is 6.10 Å². The summed E-state index contributed by atoms with van der Waals surface area (Å²) in [6.07, 6.45) is 3.51. The number of benzene rings is 1. The number of halogens is 2. The Balaban J connectivity index is 2.25. The number of hydrogen-bond donors (Lipinski definition) is 1. The number of aliphatic hydroxyl groups is 1. The summed E-state index contributed by atoms with van der Waals surface area (Å²) in [5.41, 5.74) is 1.50. The number of hydrogen-bond acceptors (Lipinski definition) is 3. The summed E-state index contributed by atoms with van der Waals surface area (Å²) < 4.78 is 7.36. The van der Waals surface area contributed by atoms with Crippen molar-refractivity contribution in [3.63, 3.8) is 0 Å². The van der Waals surface area contributed by atoms with Gasteiger partial charge in [0.05, 0.1) is 12.8 Å². The van der Waals surface area contributed by atoms with Gasteiger partial charge in [0, 0.05) is 20.7 Å². The summed E-state index contributed by atoms with van der Waals surface area (Å²) in [6.45, 7) is 2.69. The Bertz CT molecular complexity index is 570. The predicted molar refractivity (Wildman–Crippen MR) is 85.9 cm³/mol. The maximum Gasteiger partial charge on any atom is 0.137 e. The molecule has 1 atom stereocenters. The van der Waals surface area contributed by atoms with Crippen LogP contribution >= 0.6 is 31.9 Å². The maximum atomic E-state index is 10.5. The van der Waals surface area contributed by atoms with Crippen molar-refractivity contribution in [3.8, 4) is 5.75 Å². The predicted octanol–water partition coefficient (Wildman–Crippen LogP) is 4.48. The monoisotopic (exact) mass is 399 g/mol. The van der Waals surface area contributed by atoms with E-state index in [1.165, 1.54) is 0 Å². The number of rotatable bonds is 5. The van der Waals surface area contributed by atoms with Gasteiger partial charge in [-0.15, -0.1) is 0 Å². The van der Waals surface area contributed by atoms with Crippen LogP contribution in [0.15, 0.2) is 45.6 Å². The summed E-state index contributed by atoms with van der Waals surface area (Å²) in [5.74, 6) is 0.678. The molecule has 20 heavy (non-hydrogen) atoms. The number of aromatic nitrogens is 1. The molecule has 2 rings (SSSR count). The van der Waals surface area contributed by atoms with Crippen LogP contribution in [0.1, 0.15) is 30.6 Å². The molecule has 0 amide bonds. The van der Waals surface area contributed by atoms with E-state index in [-0.39, 0.29) is 0 Å². The third-order valence-corrected chi connectivity index (χ3v) is 3.64. The van der Waals surface area contributed by atoms with Crippen LogP contribution in [0.2, 0.25) is 0 Å². The zero-order valence-electron chi connectivity index (χ0n) is 11.0. The summed E-state index contributed by atoms with van der Waals surface area (Å²) in [6, 6.07) is 7.52.